The topological polar surface area (TPSA) is 21.7 Å². The maximum Gasteiger partial charge on any atom is 0.119 e. The van der Waals surface area contributed by atoms with Gasteiger partial charge in [0.2, 0.25) is 0 Å². The summed E-state index contributed by atoms with van der Waals surface area (Å²) in [7, 11) is 1.79. The molecule has 0 N–H and O–H groups in total. The number of hydrogen-bond acceptors (Lipinski definition) is 3. The van der Waals surface area contributed by atoms with Crippen LogP contribution in [0.2, 0.25) is 0 Å². The summed E-state index contributed by atoms with van der Waals surface area (Å²) in [5.41, 5.74) is 1.28. The van der Waals surface area contributed by atoms with Crippen LogP contribution in [-0.2, 0) is 11.3 Å². The van der Waals surface area contributed by atoms with Gasteiger partial charge in [-0.2, -0.15) is 0 Å². The molecule has 1 fully saturated rings. The zero-order valence-corrected chi connectivity index (χ0v) is 12.6. The summed E-state index contributed by atoms with van der Waals surface area (Å²) in [5, 5.41) is 0. The van der Waals surface area contributed by atoms with Gasteiger partial charge in [-0.15, -0.1) is 0 Å². The molecule has 0 aliphatic carbocycles. The summed E-state index contributed by atoms with van der Waals surface area (Å²) >= 11 is 3.61. The fourth-order valence-electron chi connectivity index (χ4n) is 2.30. The van der Waals surface area contributed by atoms with Gasteiger partial charge in [0.15, 0.2) is 0 Å². The van der Waals surface area contributed by atoms with Crippen molar-refractivity contribution in [1.82, 2.24) is 4.90 Å². The van der Waals surface area contributed by atoms with E-state index in [9.17, 15) is 0 Å². The standard InChI is InChI=1S/C14H20BrNO2/c1-3-18-12-4-5-14(15)11(8-12)9-16-7-6-13(10-16)17-2/h4-5,8,13H,3,6-7,9-10H2,1-2H3/t13-/m1/s1. The molecule has 1 aromatic rings. The van der Waals surface area contributed by atoms with Crippen molar-refractivity contribution in [1.29, 1.82) is 0 Å². The molecule has 1 heterocycles. The Morgan fingerprint density at radius 2 is 2.28 bits per heavy atom. The van der Waals surface area contributed by atoms with E-state index < -0.39 is 0 Å². The van der Waals surface area contributed by atoms with Crippen LogP contribution in [0.3, 0.4) is 0 Å². The van der Waals surface area contributed by atoms with Gasteiger partial charge in [-0.1, -0.05) is 15.9 Å². The predicted octanol–water partition coefficient (Wildman–Crippen LogP) is 3.07. The van der Waals surface area contributed by atoms with Gasteiger partial charge in [-0.3, -0.25) is 4.90 Å². The maximum atomic E-state index is 5.54. The van der Waals surface area contributed by atoms with E-state index in [1.54, 1.807) is 7.11 Å². The number of likely N-dealkylation sites (tertiary alicyclic amines) is 1. The molecular weight excluding hydrogens is 294 g/mol. The van der Waals surface area contributed by atoms with Crippen molar-refractivity contribution in [3.63, 3.8) is 0 Å². The third-order valence-corrected chi connectivity index (χ3v) is 4.06. The molecule has 0 unspecified atom stereocenters. The van der Waals surface area contributed by atoms with E-state index in [2.05, 4.69) is 33.0 Å². The lowest BCUT2D eigenvalue weighted by atomic mass is 10.2. The molecule has 0 bridgehead atoms. The predicted molar refractivity (Wildman–Crippen MR) is 76.0 cm³/mol. The highest BCUT2D eigenvalue weighted by Gasteiger charge is 2.22. The molecule has 1 aliphatic rings. The van der Waals surface area contributed by atoms with Crippen molar-refractivity contribution in [2.24, 2.45) is 0 Å². The van der Waals surface area contributed by atoms with Crippen LogP contribution in [0.15, 0.2) is 22.7 Å². The van der Waals surface area contributed by atoms with Gasteiger partial charge in [-0.25, -0.2) is 0 Å². The van der Waals surface area contributed by atoms with E-state index >= 15 is 0 Å². The average Bonchev–Trinajstić information content (AvgIpc) is 2.81. The van der Waals surface area contributed by atoms with Crippen LogP contribution >= 0.6 is 15.9 Å². The van der Waals surface area contributed by atoms with E-state index in [1.807, 2.05) is 13.0 Å². The summed E-state index contributed by atoms with van der Waals surface area (Å²) < 4.78 is 12.1. The first-order valence-corrected chi connectivity index (χ1v) is 7.18. The molecule has 1 atom stereocenters. The highest BCUT2D eigenvalue weighted by atomic mass is 79.9. The second-order valence-electron chi connectivity index (χ2n) is 4.57. The summed E-state index contributed by atoms with van der Waals surface area (Å²) in [4.78, 5) is 2.42. The molecular formula is C14H20BrNO2. The number of methoxy groups -OCH3 is 1. The van der Waals surface area contributed by atoms with Gasteiger partial charge in [0.25, 0.3) is 0 Å². The number of hydrogen-bond donors (Lipinski definition) is 0. The first-order valence-electron chi connectivity index (χ1n) is 6.39. The van der Waals surface area contributed by atoms with Gasteiger partial charge in [0, 0.05) is 31.2 Å². The highest BCUT2D eigenvalue weighted by molar-refractivity contribution is 9.10. The molecule has 1 aliphatic heterocycles. The van der Waals surface area contributed by atoms with Crippen LogP contribution in [0.25, 0.3) is 0 Å². The van der Waals surface area contributed by atoms with Gasteiger partial charge >= 0.3 is 0 Å². The number of rotatable bonds is 5. The van der Waals surface area contributed by atoms with E-state index in [0.717, 1.165) is 36.3 Å². The lowest BCUT2D eigenvalue weighted by Crippen LogP contribution is -2.22. The van der Waals surface area contributed by atoms with Crippen molar-refractivity contribution in [2.75, 3.05) is 26.8 Å². The Morgan fingerprint density at radius 3 is 2.94 bits per heavy atom. The monoisotopic (exact) mass is 313 g/mol. The SMILES string of the molecule is CCOc1ccc(Br)c(CN2CC[C@@H](OC)C2)c1. The fraction of sp³-hybridized carbons (Fsp3) is 0.571. The largest absolute Gasteiger partial charge is 0.494 e. The molecule has 0 spiro atoms. The van der Waals surface area contributed by atoms with E-state index in [1.165, 1.54) is 5.56 Å². The fourth-order valence-corrected chi connectivity index (χ4v) is 2.67. The third kappa shape index (κ3) is 3.46. The quantitative estimate of drug-likeness (QED) is 0.834. The molecule has 3 nitrogen and oxygen atoms in total. The molecule has 0 amide bonds. The van der Waals surface area contributed by atoms with Crippen molar-refractivity contribution in [3.05, 3.63) is 28.2 Å². The molecule has 2 rings (SSSR count). The first kappa shape index (κ1) is 13.8. The Kier molecular flexibility index (Phi) is 5.03. The maximum absolute atomic E-state index is 5.54. The zero-order valence-electron chi connectivity index (χ0n) is 11.0. The summed E-state index contributed by atoms with van der Waals surface area (Å²) in [6.45, 7) is 5.77. The molecule has 0 aromatic heterocycles. The number of benzene rings is 1. The summed E-state index contributed by atoms with van der Waals surface area (Å²) in [6.07, 6.45) is 1.51. The Balaban J connectivity index is 2.02. The molecule has 0 saturated carbocycles. The van der Waals surface area contributed by atoms with Gasteiger partial charge < -0.3 is 9.47 Å². The zero-order chi connectivity index (χ0) is 13.0. The van der Waals surface area contributed by atoms with Crippen molar-refractivity contribution >= 4 is 15.9 Å². The number of nitrogens with zero attached hydrogens (tertiary/aromatic N) is 1. The molecule has 1 aromatic carbocycles. The Bertz CT molecular complexity index is 397. The summed E-state index contributed by atoms with van der Waals surface area (Å²) in [6, 6.07) is 6.18. The van der Waals surface area contributed by atoms with Crippen molar-refractivity contribution in [3.8, 4) is 5.75 Å². The van der Waals surface area contributed by atoms with Crippen LogP contribution in [0.1, 0.15) is 18.9 Å². The number of ether oxygens (including phenoxy) is 2. The minimum absolute atomic E-state index is 0.388. The third-order valence-electron chi connectivity index (χ3n) is 3.28. The molecule has 4 heteroatoms. The van der Waals surface area contributed by atoms with Crippen LogP contribution in [0.4, 0.5) is 0 Å². The molecule has 18 heavy (non-hydrogen) atoms. The van der Waals surface area contributed by atoms with E-state index in [0.29, 0.717) is 12.7 Å². The van der Waals surface area contributed by atoms with Crippen molar-refractivity contribution < 1.29 is 9.47 Å². The highest BCUT2D eigenvalue weighted by Crippen LogP contribution is 2.25. The molecule has 0 radical (unpaired) electrons. The van der Waals surface area contributed by atoms with Gasteiger partial charge in [-0.05, 0) is 37.1 Å². The van der Waals surface area contributed by atoms with Crippen LogP contribution in [0, 0.1) is 0 Å². The Labute approximate surface area is 117 Å². The Morgan fingerprint density at radius 1 is 1.44 bits per heavy atom. The van der Waals surface area contributed by atoms with Crippen LogP contribution in [-0.4, -0.2) is 37.8 Å². The second kappa shape index (κ2) is 6.55. The average molecular weight is 314 g/mol. The van der Waals surface area contributed by atoms with Gasteiger partial charge in [0.1, 0.15) is 5.75 Å². The minimum atomic E-state index is 0.388. The van der Waals surface area contributed by atoms with Crippen LogP contribution in [0.5, 0.6) is 5.75 Å². The van der Waals surface area contributed by atoms with Gasteiger partial charge in [0.05, 0.1) is 12.7 Å². The second-order valence-corrected chi connectivity index (χ2v) is 5.42. The van der Waals surface area contributed by atoms with E-state index in [-0.39, 0.29) is 0 Å². The number of halogens is 1. The lowest BCUT2D eigenvalue weighted by molar-refractivity contribution is 0.107. The van der Waals surface area contributed by atoms with Crippen LogP contribution < -0.4 is 4.74 Å². The van der Waals surface area contributed by atoms with Crippen molar-refractivity contribution in [2.45, 2.75) is 26.0 Å². The molecule has 100 valence electrons. The normalized spacial score (nSPS) is 20.3. The smallest absolute Gasteiger partial charge is 0.119 e. The lowest BCUT2D eigenvalue weighted by Gasteiger charge is -2.17. The Hall–Kier alpha value is -0.580. The first-order chi connectivity index (χ1) is 8.72. The summed E-state index contributed by atoms with van der Waals surface area (Å²) in [5.74, 6) is 0.943. The molecule has 1 saturated heterocycles. The van der Waals surface area contributed by atoms with E-state index in [4.69, 9.17) is 9.47 Å². The minimum Gasteiger partial charge on any atom is -0.494 e.